The van der Waals surface area contributed by atoms with Crippen molar-refractivity contribution in [2.45, 2.75) is 76.2 Å². The van der Waals surface area contributed by atoms with E-state index in [0.29, 0.717) is 5.92 Å². The standard InChI is InChI=1S/C22H33N7/c1-2-3-12-28-13-4-8-22(16-28)9-7-18-19(22)25-20(17-5-6-17)26-21(18)23-10-14-29-15-11-24-27-29/h11,15,17H,2-10,12-14,16H2,1H3,(H,23,25,26). The predicted octanol–water partition coefficient (Wildman–Crippen LogP) is 3.14. The fraction of sp³-hybridized carbons (Fsp3) is 0.727. The normalized spacial score (nSPS) is 24.2. The molecular weight excluding hydrogens is 362 g/mol. The highest BCUT2D eigenvalue weighted by Gasteiger charge is 2.45. The third kappa shape index (κ3) is 3.89. The van der Waals surface area contributed by atoms with Crippen LogP contribution in [0.15, 0.2) is 12.4 Å². The molecule has 1 saturated carbocycles. The third-order valence-corrected chi connectivity index (χ3v) is 6.91. The summed E-state index contributed by atoms with van der Waals surface area (Å²) in [7, 11) is 0. The summed E-state index contributed by atoms with van der Waals surface area (Å²) < 4.78 is 1.87. The summed E-state index contributed by atoms with van der Waals surface area (Å²) in [5.74, 6) is 2.74. The predicted molar refractivity (Wildman–Crippen MR) is 113 cm³/mol. The van der Waals surface area contributed by atoms with Gasteiger partial charge in [0, 0.05) is 36.2 Å². The highest BCUT2D eigenvalue weighted by molar-refractivity contribution is 5.52. The first kappa shape index (κ1) is 19.0. The van der Waals surface area contributed by atoms with E-state index in [9.17, 15) is 0 Å². The number of anilines is 1. The van der Waals surface area contributed by atoms with Gasteiger partial charge in [0.1, 0.15) is 11.6 Å². The van der Waals surface area contributed by atoms with Gasteiger partial charge in [-0.2, -0.15) is 0 Å². The van der Waals surface area contributed by atoms with Crippen LogP contribution in [0.25, 0.3) is 0 Å². The van der Waals surface area contributed by atoms with Gasteiger partial charge in [-0.3, -0.25) is 4.68 Å². The van der Waals surface area contributed by atoms with Gasteiger partial charge in [-0.05, 0) is 58.0 Å². The number of nitrogens with zero attached hydrogens (tertiary/aromatic N) is 6. The average molecular weight is 396 g/mol. The summed E-state index contributed by atoms with van der Waals surface area (Å²) >= 11 is 0. The van der Waals surface area contributed by atoms with Crippen LogP contribution < -0.4 is 5.32 Å². The van der Waals surface area contributed by atoms with Crippen LogP contribution in [0, 0.1) is 0 Å². The molecule has 1 atom stereocenters. The third-order valence-electron chi connectivity index (χ3n) is 6.91. The Balaban J connectivity index is 1.39. The Hall–Kier alpha value is -2.02. The van der Waals surface area contributed by atoms with Crippen LogP contribution >= 0.6 is 0 Å². The Morgan fingerprint density at radius 1 is 1.21 bits per heavy atom. The van der Waals surface area contributed by atoms with Gasteiger partial charge in [0.2, 0.25) is 0 Å². The van der Waals surface area contributed by atoms with Gasteiger partial charge < -0.3 is 10.2 Å². The molecule has 2 aliphatic carbocycles. The number of likely N-dealkylation sites (tertiary alicyclic amines) is 1. The highest BCUT2D eigenvalue weighted by atomic mass is 15.4. The minimum absolute atomic E-state index is 0.246. The van der Waals surface area contributed by atoms with Gasteiger partial charge in [0.25, 0.3) is 0 Å². The largest absolute Gasteiger partial charge is 0.368 e. The second kappa shape index (κ2) is 8.01. The van der Waals surface area contributed by atoms with Crippen LogP contribution in [-0.2, 0) is 18.4 Å². The molecule has 0 bridgehead atoms. The zero-order chi connectivity index (χ0) is 19.7. The van der Waals surface area contributed by atoms with E-state index in [2.05, 4.69) is 27.5 Å². The van der Waals surface area contributed by atoms with Crippen LogP contribution in [-0.4, -0.2) is 56.0 Å². The van der Waals surface area contributed by atoms with Crippen molar-refractivity contribution in [3.8, 4) is 0 Å². The number of piperidine rings is 1. The molecule has 29 heavy (non-hydrogen) atoms. The molecule has 2 fully saturated rings. The Labute approximate surface area is 173 Å². The van der Waals surface area contributed by atoms with E-state index in [0.717, 1.165) is 31.2 Å². The lowest BCUT2D eigenvalue weighted by Crippen LogP contribution is -2.45. The lowest BCUT2D eigenvalue weighted by Gasteiger charge is -2.40. The Morgan fingerprint density at radius 3 is 2.93 bits per heavy atom. The molecule has 1 unspecified atom stereocenters. The molecule has 0 aromatic carbocycles. The quantitative estimate of drug-likeness (QED) is 0.740. The van der Waals surface area contributed by atoms with Crippen LogP contribution in [0.2, 0.25) is 0 Å². The number of rotatable bonds is 8. The molecule has 3 aliphatic rings. The second-order valence-electron chi connectivity index (χ2n) is 9.14. The second-order valence-corrected chi connectivity index (χ2v) is 9.14. The van der Waals surface area contributed by atoms with Crippen molar-refractivity contribution in [1.29, 1.82) is 0 Å². The molecule has 7 heteroatoms. The summed E-state index contributed by atoms with van der Waals surface area (Å²) in [5.41, 5.74) is 3.00. The van der Waals surface area contributed by atoms with Crippen molar-refractivity contribution in [2.24, 2.45) is 0 Å². The van der Waals surface area contributed by atoms with Gasteiger partial charge in [-0.1, -0.05) is 18.6 Å². The zero-order valence-electron chi connectivity index (χ0n) is 17.6. The van der Waals surface area contributed by atoms with Gasteiger partial charge in [-0.15, -0.1) is 5.10 Å². The molecule has 1 saturated heterocycles. The molecule has 7 nitrogen and oxygen atoms in total. The van der Waals surface area contributed by atoms with Gasteiger partial charge >= 0.3 is 0 Å². The Morgan fingerprint density at radius 2 is 2.14 bits per heavy atom. The highest BCUT2D eigenvalue weighted by Crippen LogP contribution is 2.48. The van der Waals surface area contributed by atoms with Crippen molar-refractivity contribution < 1.29 is 0 Å². The first-order valence-corrected chi connectivity index (χ1v) is 11.5. The number of hydrogen-bond acceptors (Lipinski definition) is 6. The van der Waals surface area contributed by atoms with Crippen molar-refractivity contribution in [1.82, 2.24) is 29.9 Å². The summed E-state index contributed by atoms with van der Waals surface area (Å²) in [6, 6.07) is 0. The minimum atomic E-state index is 0.246. The number of aromatic nitrogens is 5. The molecule has 156 valence electrons. The minimum Gasteiger partial charge on any atom is -0.368 e. The van der Waals surface area contributed by atoms with Crippen LogP contribution in [0.1, 0.15) is 74.9 Å². The van der Waals surface area contributed by atoms with Gasteiger partial charge in [0.15, 0.2) is 0 Å². The lowest BCUT2D eigenvalue weighted by molar-refractivity contribution is 0.141. The summed E-state index contributed by atoms with van der Waals surface area (Å²) in [6.45, 7) is 7.56. The molecular formula is C22H33N7. The first-order chi connectivity index (χ1) is 14.3. The molecule has 1 spiro atoms. The van der Waals surface area contributed by atoms with E-state index in [1.54, 1.807) is 6.20 Å². The molecule has 0 amide bonds. The van der Waals surface area contributed by atoms with Crippen LogP contribution in [0.3, 0.4) is 0 Å². The van der Waals surface area contributed by atoms with Crippen LogP contribution in [0.4, 0.5) is 5.82 Å². The number of unbranched alkanes of at least 4 members (excludes halogenated alkanes) is 1. The molecule has 2 aromatic rings. The average Bonchev–Trinajstić information content (AvgIpc) is 3.37. The molecule has 3 heterocycles. The van der Waals surface area contributed by atoms with E-state index >= 15 is 0 Å². The topological polar surface area (TPSA) is 71.8 Å². The van der Waals surface area contributed by atoms with Crippen LogP contribution in [0.5, 0.6) is 0 Å². The van der Waals surface area contributed by atoms with E-state index in [4.69, 9.17) is 9.97 Å². The van der Waals surface area contributed by atoms with E-state index in [-0.39, 0.29) is 5.41 Å². The number of hydrogen-bond donors (Lipinski definition) is 1. The van der Waals surface area contributed by atoms with Gasteiger partial charge in [-0.25, -0.2) is 9.97 Å². The summed E-state index contributed by atoms with van der Waals surface area (Å²) in [4.78, 5) is 12.9. The van der Waals surface area contributed by atoms with E-state index < -0.39 is 0 Å². The maximum atomic E-state index is 5.22. The van der Waals surface area contributed by atoms with E-state index in [1.165, 1.54) is 75.8 Å². The zero-order valence-corrected chi connectivity index (χ0v) is 17.6. The molecule has 1 aliphatic heterocycles. The van der Waals surface area contributed by atoms with Crippen molar-refractivity contribution in [3.63, 3.8) is 0 Å². The Kier molecular flexibility index (Phi) is 5.24. The van der Waals surface area contributed by atoms with Crippen molar-refractivity contribution in [2.75, 3.05) is 31.5 Å². The van der Waals surface area contributed by atoms with Crippen molar-refractivity contribution in [3.05, 3.63) is 29.5 Å². The molecule has 0 radical (unpaired) electrons. The number of nitrogens with one attached hydrogen (secondary N) is 1. The maximum absolute atomic E-state index is 5.22. The smallest absolute Gasteiger partial charge is 0.134 e. The van der Waals surface area contributed by atoms with Gasteiger partial charge in [0.05, 0.1) is 18.4 Å². The van der Waals surface area contributed by atoms with Crippen molar-refractivity contribution >= 4 is 5.82 Å². The first-order valence-electron chi connectivity index (χ1n) is 11.5. The molecule has 1 N–H and O–H groups in total. The monoisotopic (exact) mass is 395 g/mol. The number of fused-ring (bicyclic) bond motifs is 2. The maximum Gasteiger partial charge on any atom is 0.134 e. The summed E-state index contributed by atoms with van der Waals surface area (Å²) in [6.07, 6.45) is 13.6. The molecule has 5 rings (SSSR count). The SMILES string of the molecule is CCCCN1CCCC2(CCc3c(NCCn4ccnn4)nc(C4CC4)nc32)C1. The molecule has 2 aromatic heterocycles. The fourth-order valence-corrected chi connectivity index (χ4v) is 5.17. The Bertz CT molecular complexity index is 830. The fourth-order valence-electron chi connectivity index (χ4n) is 5.17. The van der Waals surface area contributed by atoms with E-state index in [1.807, 2.05) is 10.9 Å². The lowest BCUT2D eigenvalue weighted by atomic mass is 9.77. The summed E-state index contributed by atoms with van der Waals surface area (Å²) in [5, 5.41) is 11.6.